The Balaban J connectivity index is 1.48. The van der Waals surface area contributed by atoms with E-state index in [-0.39, 0.29) is 17.7 Å². The first kappa shape index (κ1) is 16.5. The second kappa shape index (κ2) is 7.45. The van der Waals surface area contributed by atoms with Gasteiger partial charge in [-0.25, -0.2) is 4.98 Å². The van der Waals surface area contributed by atoms with Gasteiger partial charge >= 0.3 is 0 Å². The number of pyridine rings is 1. The van der Waals surface area contributed by atoms with Crippen LogP contribution in [-0.2, 0) is 16.0 Å². The fourth-order valence-electron chi connectivity index (χ4n) is 2.29. The molecule has 1 fully saturated rings. The summed E-state index contributed by atoms with van der Waals surface area (Å²) >= 11 is 5.93. The quantitative estimate of drug-likeness (QED) is 0.840. The van der Waals surface area contributed by atoms with Crippen molar-refractivity contribution in [2.75, 3.05) is 10.6 Å². The van der Waals surface area contributed by atoms with Gasteiger partial charge < -0.3 is 10.6 Å². The minimum atomic E-state index is -0.0912. The first-order valence-electron chi connectivity index (χ1n) is 7.91. The first-order valence-corrected chi connectivity index (χ1v) is 8.29. The minimum absolute atomic E-state index is 0.0146. The molecule has 5 nitrogen and oxygen atoms in total. The van der Waals surface area contributed by atoms with E-state index < -0.39 is 0 Å². The summed E-state index contributed by atoms with van der Waals surface area (Å²) in [7, 11) is 0. The lowest BCUT2D eigenvalue weighted by atomic mass is 10.1. The highest BCUT2D eigenvalue weighted by molar-refractivity contribution is 6.30. The average Bonchev–Trinajstić information content (AvgIpc) is 3.40. The highest BCUT2D eigenvalue weighted by Gasteiger charge is 2.29. The number of aryl methyl sites for hydroxylation is 1. The molecule has 0 unspecified atom stereocenters. The molecule has 1 aromatic heterocycles. The highest BCUT2D eigenvalue weighted by atomic mass is 35.5. The van der Waals surface area contributed by atoms with Crippen molar-refractivity contribution in [3.05, 3.63) is 53.2 Å². The molecule has 1 heterocycles. The Bertz CT molecular complexity index is 742. The Morgan fingerprint density at radius 2 is 2.00 bits per heavy atom. The van der Waals surface area contributed by atoms with Gasteiger partial charge in [0.15, 0.2) is 0 Å². The summed E-state index contributed by atoms with van der Waals surface area (Å²) < 4.78 is 0. The molecular weight excluding hydrogens is 326 g/mol. The largest absolute Gasteiger partial charge is 0.325 e. The van der Waals surface area contributed by atoms with Crippen LogP contribution in [0.1, 0.15) is 24.8 Å². The Labute approximate surface area is 145 Å². The zero-order valence-corrected chi connectivity index (χ0v) is 13.8. The number of halogens is 1. The fourth-order valence-corrected chi connectivity index (χ4v) is 2.50. The zero-order valence-electron chi connectivity index (χ0n) is 13.1. The van der Waals surface area contributed by atoms with Gasteiger partial charge in [0.1, 0.15) is 5.82 Å². The summed E-state index contributed by atoms with van der Waals surface area (Å²) in [6.45, 7) is 0. The van der Waals surface area contributed by atoms with E-state index in [9.17, 15) is 9.59 Å². The number of amides is 2. The molecule has 0 spiro atoms. The molecule has 1 aliphatic carbocycles. The molecule has 2 amide bonds. The van der Waals surface area contributed by atoms with Gasteiger partial charge in [0.2, 0.25) is 11.8 Å². The molecule has 0 radical (unpaired) electrons. The van der Waals surface area contributed by atoms with Gasteiger partial charge in [-0.2, -0.15) is 0 Å². The zero-order chi connectivity index (χ0) is 16.9. The molecule has 24 heavy (non-hydrogen) atoms. The van der Waals surface area contributed by atoms with Crippen LogP contribution in [0.3, 0.4) is 0 Å². The lowest BCUT2D eigenvalue weighted by Gasteiger charge is -2.07. The van der Waals surface area contributed by atoms with Gasteiger partial charge in [0, 0.05) is 17.4 Å². The summed E-state index contributed by atoms with van der Waals surface area (Å²) in [5, 5.41) is 6.22. The van der Waals surface area contributed by atoms with Crippen LogP contribution in [0, 0.1) is 5.92 Å². The highest BCUT2D eigenvalue weighted by Crippen LogP contribution is 2.29. The predicted octanol–water partition coefficient (Wildman–Crippen LogP) is 3.65. The number of nitrogens with zero attached hydrogens (tertiary/aromatic N) is 1. The number of rotatable bonds is 6. The van der Waals surface area contributed by atoms with E-state index in [2.05, 4.69) is 15.6 Å². The number of hydrogen-bond donors (Lipinski definition) is 2. The third-order valence-electron chi connectivity index (χ3n) is 3.78. The summed E-state index contributed by atoms with van der Waals surface area (Å²) in [6.07, 6.45) is 4.43. The molecular formula is C18H18ClN3O2. The van der Waals surface area contributed by atoms with Gasteiger partial charge in [0.05, 0.1) is 11.9 Å². The van der Waals surface area contributed by atoms with E-state index in [4.69, 9.17) is 11.6 Å². The van der Waals surface area contributed by atoms with Crippen molar-refractivity contribution in [3.8, 4) is 0 Å². The smallest absolute Gasteiger partial charge is 0.228 e. The predicted molar refractivity (Wildman–Crippen MR) is 94.0 cm³/mol. The van der Waals surface area contributed by atoms with Crippen LogP contribution in [0.4, 0.5) is 11.5 Å². The van der Waals surface area contributed by atoms with Crippen LogP contribution in [0.25, 0.3) is 0 Å². The summed E-state index contributed by atoms with van der Waals surface area (Å²) in [5.74, 6) is 0.564. The molecule has 2 aromatic rings. The Kier molecular flexibility index (Phi) is 5.11. The third kappa shape index (κ3) is 4.80. The number of carbonyl (C=O) groups excluding carboxylic acids is 2. The SMILES string of the molecule is O=C(CCc1cccc(Cl)c1)Nc1ccc(NC(=O)C2CC2)nc1. The van der Waals surface area contributed by atoms with Crippen LogP contribution in [0.5, 0.6) is 0 Å². The maximum Gasteiger partial charge on any atom is 0.228 e. The van der Waals surface area contributed by atoms with Gasteiger partial charge in [-0.1, -0.05) is 23.7 Å². The molecule has 0 atom stereocenters. The van der Waals surface area contributed by atoms with Crippen LogP contribution in [0.2, 0.25) is 5.02 Å². The minimum Gasteiger partial charge on any atom is -0.325 e. The summed E-state index contributed by atoms with van der Waals surface area (Å²) in [6, 6.07) is 10.9. The van der Waals surface area contributed by atoms with E-state index in [0.717, 1.165) is 18.4 Å². The fraction of sp³-hybridized carbons (Fsp3) is 0.278. The normalized spacial score (nSPS) is 13.4. The van der Waals surface area contributed by atoms with Gasteiger partial charge in [-0.15, -0.1) is 0 Å². The average molecular weight is 344 g/mol. The molecule has 1 saturated carbocycles. The maximum atomic E-state index is 12.0. The molecule has 2 N–H and O–H groups in total. The first-order chi connectivity index (χ1) is 11.6. The number of benzene rings is 1. The van der Waals surface area contributed by atoms with Gasteiger partial charge in [-0.3, -0.25) is 9.59 Å². The van der Waals surface area contributed by atoms with Crippen molar-refractivity contribution in [3.63, 3.8) is 0 Å². The van der Waals surface area contributed by atoms with E-state index in [1.165, 1.54) is 0 Å². The van der Waals surface area contributed by atoms with Crippen molar-refractivity contribution >= 4 is 34.9 Å². The molecule has 124 valence electrons. The lowest BCUT2D eigenvalue weighted by Crippen LogP contribution is -2.15. The molecule has 3 rings (SSSR count). The van der Waals surface area contributed by atoms with Crippen LogP contribution in [-0.4, -0.2) is 16.8 Å². The van der Waals surface area contributed by atoms with Crippen LogP contribution >= 0.6 is 11.6 Å². The second-order valence-electron chi connectivity index (χ2n) is 5.87. The van der Waals surface area contributed by atoms with Crippen molar-refractivity contribution < 1.29 is 9.59 Å². The standard InChI is InChI=1S/C18H18ClN3O2/c19-14-3-1-2-12(10-14)4-9-17(23)21-15-7-8-16(20-11-15)22-18(24)13-5-6-13/h1-3,7-8,10-11,13H,4-6,9H2,(H,21,23)(H,20,22,24). The number of aromatic nitrogens is 1. The Morgan fingerprint density at radius 3 is 2.67 bits per heavy atom. The van der Waals surface area contributed by atoms with E-state index >= 15 is 0 Å². The van der Waals surface area contributed by atoms with Gasteiger partial charge in [-0.05, 0) is 49.1 Å². The third-order valence-corrected chi connectivity index (χ3v) is 4.01. The van der Waals surface area contributed by atoms with Crippen molar-refractivity contribution in [2.45, 2.75) is 25.7 Å². The Morgan fingerprint density at radius 1 is 1.17 bits per heavy atom. The molecule has 1 aromatic carbocycles. The van der Waals surface area contributed by atoms with Crippen LogP contribution in [0.15, 0.2) is 42.6 Å². The van der Waals surface area contributed by atoms with Crippen LogP contribution < -0.4 is 10.6 Å². The topological polar surface area (TPSA) is 71.1 Å². The number of hydrogen-bond acceptors (Lipinski definition) is 3. The second-order valence-corrected chi connectivity index (χ2v) is 6.31. The Hall–Kier alpha value is -2.40. The maximum absolute atomic E-state index is 12.0. The van der Waals surface area contributed by atoms with Crippen molar-refractivity contribution in [2.24, 2.45) is 5.92 Å². The molecule has 0 aliphatic heterocycles. The van der Waals surface area contributed by atoms with E-state index in [1.54, 1.807) is 24.4 Å². The van der Waals surface area contributed by atoms with E-state index in [1.807, 2.05) is 18.2 Å². The molecule has 0 bridgehead atoms. The molecule has 6 heteroatoms. The molecule has 1 aliphatic rings. The number of nitrogens with one attached hydrogen (secondary N) is 2. The molecule has 0 saturated heterocycles. The summed E-state index contributed by atoms with van der Waals surface area (Å²) in [5.41, 5.74) is 1.63. The van der Waals surface area contributed by atoms with E-state index in [0.29, 0.717) is 29.4 Å². The number of anilines is 2. The summed E-state index contributed by atoms with van der Waals surface area (Å²) in [4.78, 5) is 27.8. The van der Waals surface area contributed by atoms with Gasteiger partial charge in [0.25, 0.3) is 0 Å². The number of carbonyl (C=O) groups is 2. The monoisotopic (exact) mass is 343 g/mol. The lowest BCUT2D eigenvalue weighted by molar-refractivity contribution is -0.117. The van der Waals surface area contributed by atoms with Crippen molar-refractivity contribution in [1.82, 2.24) is 4.98 Å². The van der Waals surface area contributed by atoms with Crippen molar-refractivity contribution in [1.29, 1.82) is 0 Å².